The lowest BCUT2D eigenvalue weighted by atomic mass is 10.1. The van der Waals surface area contributed by atoms with Gasteiger partial charge in [-0.1, -0.05) is 6.58 Å². The highest BCUT2D eigenvalue weighted by Gasteiger charge is 2.28. The first-order valence-electron chi connectivity index (χ1n) is 3.92. The molecule has 0 radical (unpaired) electrons. The molecule has 2 rings (SSSR count). The molecule has 1 aromatic rings. The van der Waals surface area contributed by atoms with Crippen LogP contribution in [-0.2, 0) is 0 Å². The first-order valence-corrected chi connectivity index (χ1v) is 3.92. The number of non-ortho nitro benzene ring substituents is 1. The van der Waals surface area contributed by atoms with Crippen molar-refractivity contribution in [1.29, 1.82) is 0 Å². The van der Waals surface area contributed by atoms with E-state index in [1.807, 2.05) is 0 Å². The highest BCUT2D eigenvalue weighted by molar-refractivity contribution is 5.50. The van der Waals surface area contributed by atoms with Crippen molar-refractivity contribution in [3.8, 4) is 5.75 Å². The lowest BCUT2D eigenvalue weighted by Crippen LogP contribution is -1.95. The molecule has 5 heteroatoms. The number of rotatable bonds is 1. The van der Waals surface area contributed by atoms with Crippen molar-refractivity contribution in [2.45, 2.75) is 6.10 Å². The second kappa shape index (κ2) is 2.81. The predicted molar refractivity (Wildman–Crippen MR) is 47.8 cm³/mol. The van der Waals surface area contributed by atoms with Crippen LogP contribution >= 0.6 is 0 Å². The van der Waals surface area contributed by atoms with E-state index in [2.05, 4.69) is 6.58 Å². The number of benzene rings is 1. The summed E-state index contributed by atoms with van der Waals surface area (Å²) in [4.78, 5) is 9.93. The van der Waals surface area contributed by atoms with Crippen molar-refractivity contribution in [3.05, 3.63) is 46.2 Å². The summed E-state index contributed by atoms with van der Waals surface area (Å²) in [5, 5.41) is 20.0. The van der Waals surface area contributed by atoms with E-state index in [0.29, 0.717) is 11.3 Å². The van der Waals surface area contributed by atoms with Crippen molar-refractivity contribution in [3.63, 3.8) is 0 Å². The number of hydrogen-bond donors (Lipinski definition) is 1. The summed E-state index contributed by atoms with van der Waals surface area (Å²) in [5.41, 5.74) is 0.324. The van der Waals surface area contributed by atoms with Gasteiger partial charge in [0.15, 0.2) is 0 Å². The maximum atomic E-state index is 10.4. The Morgan fingerprint density at radius 3 is 2.93 bits per heavy atom. The van der Waals surface area contributed by atoms with E-state index >= 15 is 0 Å². The molecule has 0 saturated carbocycles. The van der Waals surface area contributed by atoms with Gasteiger partial charge in [-0.25, -0.2) is 0 Å². The van der Waals surface area contributed by atoms with Gasteiger partial charge in [-0.2, -0.15) is 0 Å². The molecular formula is C9H7NO4. The Morgan fingerprint density at radius 1 is 1.57 bits per heavy atom. The van der Waals surface area contributed by atoms with Gasteiger partial charge in [0, 0.05) is 17.7 Å². The molecule has 0 aliphatic carbocycles. The first-order chi connectivity index (χ1) is 6.59. The topological polar surface area (TPSA) is 72.6 Å². The van der Waals surface area contributed by atoms with Crippen molar-refractivity contribution < 1.29 is 14.8 Å². The molecule has 1 aliphatic rings. The molecule has 1 aliphatic heterocycles. The van der Waals surface area contributed by atoms with Crippen LogP contribution in [0, 0.1) is 10.1 Å². The monoisotopic (exact) mass is 193 g/mol. The number of fused-ring (bicyclic) bond motifs is 1. The molecule has 5 nitrogen and oxygen atoms in total. The summed E-state index contributed by atoms with van der Waals surface area (Å²) in [6, 6.07) is 4.07. The third kappa shape index (κ3) is 1.14. The molecule has 0 amide bonds. The Balaban J connectivity index is 2.51. The fourth-order valence-electron chi connectivity index (χ4n) is 1.33. The van der Waals surface area contributed by atoms with Crippen LogP contribution in [0.5, 0.6) is 5.75 Å². The molecule has 1 atom stereocenters. The quantitative estimate of drug-likeness (QED) is 0.542. The smallest absolute Gasteiger partial charge is 0.270 e. The Hall–Kier alpha value is -1.88. The van der Waals surface area contributed by atoms with Crippen LogP contribution in [-0.4, -0.2) is 10.0 Å². The summed E-state index contributed by atoms with van der Waals surface area (Å²) in [6.45, 7) is 3.48. The Labute approximate surface area is 79.4 Å². The average Bonchev–Trinajstić information content (AvgIpc) is 2.43. The summed E-state index contributed by atoms with van der Waals surface area (Å²) >= 11 is 0. The van der Waals surface area contributed by atoms with Gasteiger partial charge in [-0.15, -0.1) is 0 Å². The third-order valence-corrected chi connectivity index (χ3v) is 2.04. The van der Waals surface area contributed by atoms with Crippen LogP contribution in [0.3, 0.4) is 0 Å². The number of nitro benzene ring substituents is 1. The van der Waals surface area contributed by atoms with Crippen LogP contribution in [0.1, 0.15) is 11.7 Å². The van der Waals surface area contributed by atoms with Gasteiger partial charge in [-0.05, 0) is 6.07 Å². The molecule has 1 aromatic carbocycles. The molecule has 1 unspecified atom stereocenters. The minimum Gasteiger partial charge on any atom is -0.459 e. The van der Waals surface area contributed by atoms with Gasteiger partial charge < -0.3 is 9.84 Å². The zero-order chi connectivity index (χ0) is 10.3. The molecular weight excluding hydrogens is 186 g/mol. The second-order valence-corrected chi connectivity index (χ2v) is 2.95. The molecule has 14 heavy (non-hydrogen) atoms. The van der Waals surface area contributed by atoms with E-state index in [-0.39, 0.29) is 11.4 Å². The summed E-state index contributed by atoms with van der Waals surface area (Å²) in [7, 11) is 0. The first kappa shape index (κ1) is 8.71. The minimum atomic E-state index is -0.968. The normalized spacial score (nSPS) is 18.9. The second-order valence-electron chi connectivity index (χ2n) is 2.95. The molecule has 72 valence electrons. The number of nitro groups is 1. The molecule has 0 fully saturated rings. The molecule has 0 bridgehead atoms. The summed E-state index contributed by atoms with van der Waals surface area (Å²) in [5.74, 6) is 0.619. The van der Waals surface area contributed by atoms with E-state index in [1.165, 1.54) is 18.2 Å². The van der Waals surface area contributed by atoms with Gasteiger partial charge >= 0.3 is 0 Å². The lowest BCUT2D eigenvalue weighted by Gasteiger charge is -1.98. The maximum absolute atomic E-state index is 10.4. The number of aliphatic hydroxyl groups excluding tert-OH is 1. The number of hydrogen-bond acceptors (Lipinski definition) is 4. The Kier molecular flexibility index (Phi) is 1.75. The minimum absolute atomic E-state index is 0.0684. The highest BCUT2D eigenvalue weighted by Crippen LogP contribution is 2.39. The van der Waals surface area contributed by atoms with Crippen molar-refractivity contribution >= 4 is 5.69 Å². The van der Waals surface area contributed by atoms with Gasteiger partial charge in [0.1, 0.15) is 17.6 Å². The molecule has 1 heterocycles. The van der Waals surface area contributed by atoms with Crippen molar-refractivity contribution in [1.82, 2.24) is 0 Å². The van der Waals surface area contributed by atoms with Crippen LogP contribution in [0.2, 0.25) is 0 Å². The van der Waals surface area contributed by atoms with E-state index in [9.17, 15) is 15.2 Å². The zero-order valence-electron chi connectivity index (χ0n) is 7.14. The number of nitrogens with zero attached hydrogens (tertiary/aromatic N) is 1. The average molecular weight is 193 g/mol. The molecule has 0 spiro atoms. The fraction of sp³-hybridized carbons (Fsp3) is 0.111. The van der Waals surface area contributed by atoms with Crippen LogP contribution in [0.4, 0.5) is 5.69 Å². The van der Waals surface area contributed by atoms with E-state index < -0.39 is 11.0 Å². The highest BCUT2D eigenvalue weighted by atomic mass is 16.6. The Bertz CT molecular complexity index is 427. The number of aliphatic hydroxyl groups is 1. The fourth-order valence-corrected chi connectivity index (χ4v) is 1.33. The summed E-state index contributed by atoms with van der Waals surface area (Å²) in [6.07, 6.45) is -0.968. The lowest BCUT2D eigenvalue weighted by molar-refractivity contribution is -0.385. The largest absolute Gasteiger partial charge is 0.459 e. The molecule has 1 N–H and O–H groups in total. The number of ether oxygens (including phenoxy) is 1. The van der Waals surface area contributed by atoms with Crippen molar-refractivity contribution in [2.75, 3.05) is 0 Å². The zero-order valence-corrected chi connectivity index (χ0v) is 7.14. The van der Waals surface area contributed by atoms with Crippen LogP contribution in [0.25, 0.3) is 0 Å². The van der Waals surface area contributed by atoms with E-state index in [4.69, 9.17) is 4.74 Å². The molecule has 0 aromatic heterocycles. The third-order valence-electron chi connectivity index (χ3n) is 2.04. The van der Waals surface area contributed by atoms with Gasteiger partial charge in [-0.3, -0.25) is 10.1 Å². The summed E-state index contributed by atoms with van der Waals surface area (Å²) < 4.78 is 5.09. The van der Waals surface area contributed by atoms with Gasteiger partial charge in [0.2, 0.25) is 0 Å². The SMILES string of the molecule is C=C1Oc2ccc([N+](=O)[O-])cc2C1O. The maximum Gasteiger partial charge on any atom is 0.270 e. The van der Waals surface area contributed by atoms with E-state index in [1.54, 1.807) is 0 Å². The van der Waals surface area contributed by atoms with Gasteiger partial charge in [0.05, 0.1) is 4.92 Å². The molecule has 0 saturated heterocycles. The predicted octanol–water partition coefficient (Wildman–Crippen LogP) is 1.53. The van der Waals surface area contributed by atoms with Crippen molar-refractivity contribution in [2.24, 2.45) is 0 Å². The van der Waals surface area contributed by atoms with Crippen LogP contribution in [0.15, 0.2) is 30.5 Å². The Morgan fingerprint density at radius 2 is 2.29 bits per heavy atom. The van der Waals surface area contributed by atoms with Crippen LogP contribution < -0.4 is 4.74 Å². The van der Waals surface area contributed by atoms with E-state index in [0.717, 1.165) is 0 Å². The van der Waals surface area contributed by atoms with Gasteiger partial charge in [0.25, 0.3) is 5.69 Å². The standard InChI is InChI=1S/C9H7NO4/c1-5-9(11)7-4-6(10(12)13)2-3-8(7)14-5/h2-4,9,11H,1H2.